The molecule has 0 aliphatic heterocycles. The fourth-order valence-corrected chi connectivity index (χ4v) is 2.97. The molecular formula is C23H20O3. The van der Waals surface area contributed by atoms with Gasteiger partial charge in [0.05, 0.1) is 0 Å². The molecule has 3 aromatic rings. The van der Waals surface area contributed by atoms with E-state index in [-0.39, 0.29) is 12.2 Å². The highest BCUT2D eigenvalue weighted by Gasteiger charge is 2.46. The highest BCUT2D eigenvalue weighted by atomic mass is 16.6. The van der Waals surface area contributed by atoms with Crippen molar-refractivity contribution in [3.05, 3.63) is 108 Å². The van der Waals surface area contributed by atoms with Crippen molar-refractivity contribution in [2.24, 2.45) is 0 Å². The molecule has 0 aromatic heterocycles. The van der Waals surface area contributed by atoms with Crippen molar-refractivity contribution in [3.63, 3.8) is 0 Å². The number of benzene rings is 3. The summed E-state index contributed by atoms with van der Waals surface area (Å²) in [6, 6.07) is 27.3. The molecule has 0 bridgehead atoms. The predicted octanol–water partition coefficient (Wildman–Crippen LogP) is 4.77. The van der Waals surface area contributed by atoms with E-state index in [1.165, 1.54) is 0 Å². The number of carbonyl (C=O) groups excluding carboxylic acids is 2. The fraction of sp³-hybridized carbons (Fsp3) is 0.130. The van der Waals surface area contributed by atoms with Crippen LogP contribution in [0.1, 0.15) is 34.8 Å². The molecule has 3 rings (SSSR count). The van der Waals surface area contributed by atoms with Gasteiger partial charge in [-0.1, -0.05) is 97.9 Å². The van der Waals surface area contributed by atoms with E-state index in [0.29, 0.717) is 16.7 Å². The number of hydrogen-bond donors (Lipinski definition) is 0. The lowest BCUT2D eigenvalue weighted by atomic mass is 9.80. The smallest absolute Gasteiger partial charge is 0.307 e. The minimum atomic E-state index is -1.52. The van der Waals surface area contributed by atoms with Gasteiger partial charge >= 0.3 is 5.97 Å². The zero-order valence-corrected chi connectivity index (χ0v) is 14.6. The van der Waals surface area contributed by atoms with Gasteiger partial charge in [0.15, 0.2) is 0 Å². The molecule has 3 heteroatoms. The van der Waals surface area contributed by atoms with Gasteiger partial charge in [-0.15, -0.1) is 0 Å². The van der Waals surface area contributed by atoms with Gasteiger partial charge in [0, 0.05) is 23.1 Å². The Kier molecular flexibility index (Phi) is 5.28. The van der Waals surface area contributed by atoms with Crippen molar-refractivity contribution in [2.75, 3.05) is 0 Å². The second-order valence-corrected chi connectivity index (χ2v) is 5.94. The van der Waals surface area contributed by atoms with E-state index < -0.39 is 11.6 Å². The van der Waals surface area contributed by atoms with Crippen molar-refractivity contribution in [1.82, 2.24) is 0 Å². The van der Waals surface area contributed by atoms with Crippen LogP contribution in [0.25, 0.3) is 0 Å². The van der Waals surface area contributed by atoms with E-state index >= 15 is 0 Å². The normalized spacial score (nSPS) is 11.0. The van der Waals surface area contributed by atoms with Crippen LogP contribution in [0.3, 0.4) is 0 Å². The summed E-state index contributed by atoms with van der Waals surface area (Å²) in [5.74, 6) is -0.695. The summed E-state index contributed by atoms with van der Waals surface area (Å²) >= 11 is 0. The maximum absolute atomic E-state index is 13.6. The molecule has 3 nitrogen and oxygen atoms in total. The van der Waals surface area contributed by atoms with Gasteiger partial charge in [0.2, 0.25) is 11.4 Å². The molecule has 0 aliphatic carbocycles. The monoisotopic (exact) mass is 344 g/mol. The van der Waals surface area contributed by atoms with Crippen molar-refractivity contribution in [1.29, 1.82) is 0 Å². The van der Waals surface area contributed by atoms with Crippen LogP contribution < -0.4 is 0 Å². The summed E-state index contributed by atoms with van der Waals surface area (Å²) in [4.78, 5) is 26.0. The lowest BCUT2D eigenvalue weighted by Crippen LogP contribution is -2.42. The van der Waals surface area contributed by atoms with Gasteiger partial charge in [0.25, 0.3) is 0 Å². The van der Waals surface area contributed by atoms with Gasteiger partial charge < -0.3 is 4.74 Å². The molecule has 130 valence electrons. The minimum Gasteiger partial charge on any atom is -0.441 e. The van der Waals surface area contributed by atoms with Crippen molar-refractivity contribution < 1.29 is 14.3 Å². The first-order valence-corrected chi connectivity index (χ1v) is 8.61. The molecule has 0 saturated heterocycles. The molecule has 0 amide bonds. The van der Waals surface area contributed by atoms with Gasteiger partial charge in [-0.25, -0.2) is 0 Å². The third-order valence-corrected chi connectivity index (χ3v) is 4.27. The maximum Gasteiger partial charge on any atom is 0.307 e. The van der Waals surface area contributed by atoms with Gasteiger partial charge in [-0.2, -0.15) is 0 Å². The molecule has 0 spiro atoms. The number of rotatable bonds is 6. The van der Waals surface area contributed by atoms with Crippen LogP contribution in [-0.4, -0.2) is 11.8 Å². The van der Waals surface area contributed by atoms with E-state index in [9.17, 15) is 9.59 Å². The first-order valence-electron chi connectivity index (χ1n) is 8.61. The van der Waals surface area contributed by atoms with Crippen molar-refractivity contribution in [2.45, 2.75) is 18.9 Å². The predicted molar refractivity (Wildman–Crippen MR) is 101 cm³/mol. The van der Waals surface area contributed by atoms with Crippen LogP contribution in [0, 0.1) is 0 Å². The standard InChI is InChI=1S/C23H20O3/c1-2-21(24)26-23(19-14-8-4-9-15-19,20-16-10-5-11-17-20)22(25)18-12-6-3-7-13-18/h3-17H,2H2,1H3. The van der Waals surface area contributed by atoms with Gasteiger partial charge in [-0.3, -0.25) is 9.59 Å². The Balaban J connectivity index is 2.28. The Morgan fingerprint density at radius 3 is 1.58 bits per heavy atom. The average molecular weight is 344 g/mol. The van der Waals surface area contributed by atoms with Crippen LogP contribution in [0.5, 0.6) is 0 Å². The van der Waals surface area contributed by atoms with Crippen LogP contribution >= 0.6 is 0 Å². The molecule has 0 unspecified atom stereocenters. The van der Waals surface area contributed by atoms with Crippen LogP contribution in [0.2, 0.25) is 0 Å². The lowest BCUT2D eigenvalue weighted by molar-refractivity contribution is -0.152. The Hall–Kier alpha value is -3.20. The number of ether oxygens (including phenoxy) is 1. The highest BCUT2D eigenvalue weighted by molar-refractivity contribution is 6.06. The molecule has 0 heterocycles. The second kappa shape index (κ2) is 7.79. The molecule has 3 aromatic carbocycles. The van der Waals surface area contributed by atoms with Crippen LogP contribution in [0.15, 0.2) is 91.0 Å². The SMILES string of the molecule is CCC(=O)OC(C(=O)c1ccccc1)(c1ccccc1)c1ccccc1. The molecule has 0 atom stereocenters. The molecule has 0 aliphatic rings. The third-order valence-electron chi connectivity index (χ3n) is 4.27. The summed E-state index contributed by atoms with van der Waals surface area (Å²) in [5.41, 5.74) is 0.226. The quantitative estimate of drug-likeness (QED) is 0.478. The zero-order chi connectivity index (χ0) is 18.4. The summed E-state index contributed by atoms with van der Waals surface area (Å²) in [6.45, 7) is 1.72. The molecule has 0 radical (unpaired) electrons. The Morgan fingerprint density at radius 2 is 1.15 bits per heavy atom. The number of Topliss-reactive ketones (excluding diaryl/α,β-unsaturated/α-hetero) is 1. The van der Waals surface area contributed by atoms with E-state index in [4.69, 9.17) is 4.74 Å². The van der Waals surface area contributed by atoms with Crippen molar-refractivity contribution in [3.8, 4) is 0 Å². The van der Waals surface area contributed by atoms with Crippen LogP contribution in [0.4, 0.5) is 0 Å². The summed E-state index contributed by atoms with van der Waals surface area (Å²) < 4.78 is 5.89. The van der Waals surface area contributed by atoms with Gasteiger partial charge in [-0.05, 0) is 0 Å². The van der Waals surface area contributed by atoms with E-state index in [0.717, 1.165) is 0 Å². The maximum atomic E-state index is 13.6. The molecule has 0 fully saturated rings. The summed E-state index contributed by atoms with van der Waals surface area (Å²) in [5, 5.41) is 0. The Bertz CT molecular complexity index is 832. The molecule has 26 heavy (non-hydrogen) atoms. The largest absolute Gasteiger partial charge is 0.441 e. The third kappa shape index (κ3) is 3.29. The number of hydrogen-bond acceptors (Lipinski definition) is 3. The van der Waals surface area contributed by atoms with Crippen molar-refractivity contribution >= 4 is 11.8 Å². The second-order valence-electron chi connectivity index (χ2n) is 5.94. The average Bonchev–Trinajstić information content (AvgIpc) is 2.73. The Morgan fingerprint density at radius 1 is 0.731 bits per heavy atom. The summed E-state index contributed by atoms with van der Waals surface area (Å²) in [7, 11) is 0. The number of esters is 1. The minimum absolute atomic E-state index is 0.184. The number of carbonyl (C=O) groups is 2. The highest BCUT2D eigenvalue weighted by Crippen LogP contribution is 2.37. The van der Waals surface area contributed by atoms with E-state index in [1.807, 2.05) is 66.7 Å². The molecular weight excluding hydrogens is 324 g/mol. The number of ketones is 1. The van der Waals surface area contributed by atoms with E-state index in [1.54, 1.807) is 31.2 Å². The van der Waals surface area contributed by atoms with E-state index in [2.05, 4.69) is 0 Å². The lowest BCUT2D eigenvalue weighted by Gasteiger charge is -2.33. The fourth-order valence-electron chi connectivity index (χ4n) is 2.97. The topological polar surface area (TPSA) is 43.4 Å². The zero-order valence-electron chi connectivity index (χ0n) is 14.6. The first-order chi connectivity index (χ1) is 12.7. The Labute approximate surface area is 153 Å². The van der Waals surface area contributed by atoms with Gasteiger partial charge in [0.1, 0.15) is 0 Å². The summed E-state index contributed by atoms with van der Waals surface area (Å²) in [6.07, 6.45) is 0.184. The molecule has 0 saturated carbocycles. The molecule has 0 N–H and O–H groups in total. The first kappa shape index (κ1) is 17.6. The van der Waals surface area contributed by atoms with Crippen LogP contribution in [-0.2, 0) is 15.1 Å².